The summed E-state index contributed by atoms with van der Waals surface area (Å²) in [5.74, 6) is 0.501. The van der Waals surface area contributed by atoms with Gasteiger partial charge in [0.05, 0.1) is 5.02 Å². The molecule has 0 atom stereocenters. The Balaban J connectivity index is 2.47. The van der Waals surface area contributed by atoms with Crippen LogP contribution in [0.1, 0.15) is 0 Å². The van der Waals surface area contributed by atoms with Gasteiger partial charge in [0.2, 0.25) is 0 Å². The number of furan rings is 1. The zero-order valence-corrected chi connectivity index (χ0v) is 8.94. The molecule has 2 aromatic rings. The Morgan fingerprint density at radius 3 is 2.43 bits per heavy atom. The molecule has 0 aliphatic rings. The van der Waals surface area contributed by atoms with Crippen LogP contribution < -0.4 is 0 Å². The van der Waals surface area contributed by atoms with E-state index in [2.05, 4.69) is 10.2 Å². The van der Waals surface area contributed by atoms with Gasteiger partial charge in [0.1, 0.15) is 5.69 Å². The van der Waals surface area contributed by atoms with Gasteiger partial charge in [0, 0.05) is 0 Å². The van der Waals surface area contributed by atoms with E-state index < -0.39 is 0 Å². The third kappa shape index (κ3) is 1.85. The van der Waals surface area contributed by atoms with E-state index in [9.17, 15) is 0 Å². The van der Waals surface area contributed by atoms with Gasteiger partial charge in [-0.3, -0.25) is 0 Å². The van der Waals surface area contributed by atoms with Crippen molar-refractivity contribution in [3.63, 3.8) is 0 Å². The smallest absolute Gasteiger partial charge is 0.194 e. The minimum atomic E-state index is 0.160. The second-order valence-electron chi connectivity index (χ2n) is 2.47. The normalized spacial score (nSPS) is 10.5. The van der Waals surface area contributed by atoms with E-state index in [1.165, 1.54) is 0 Å². The molecule has 0 spiro atoms. The van der Waals surface area contributed by atoms with E-state index >= 15 is 0 Å². The lowest BCUT2D eigenvalue weighted by atomic mass is 10.3. The number of hydrogen-bond donors (Lipinski definition) is 0. The van der Waals surface area contributed by atoms with E-state index in [0.29, 0.717) is 16.5 Å². The molecule has 0 bridgehead atoms. The molecule has 2 aromatic heterocycles. The van der Waals surface area contributed by atoms with Crippen LogP contribution in [-0.4, -0.2) is 10.2 Å². The molecule has 0 fully saturated rings. The maximum Gasteiger partial charge on any atom is 0.194 e. The molecule has 14 heavy (non-hydrogen) atoms. The van der Waals surface area contributed by atoms with Crippen molar-refractivity contribution < 1.29 is 4.42 Å². The summed E-state index contributed by atoms with van der Waals surface area (Å²) in [4.78, 5) is 0. The highest BCUT2D eigenvalue weighted by Gasteiger charge is 2.08. The Morgan fingerprint density at radius 1 is 1.07 bits per heavy atom. The molecule has 6 heteroatoms. The SMILES string of the molecule is Clc1ccc(-c2cc(Cl)c(Cl)nn2)o1. The highest BCUT2D eigenvalue weighted by atomic mass is 35.5. The molecule has 0 amide bonds. The lowest BCUT2D eigenvalue weighted by molar-refractivity contribution is 0.581. The minimum absolute atomic E-state index is 0.160. The summed E-state index contributed by atoms with van der Waals surface area (Å²) in [6.45, 7) is 0. The maximum absolute atomic E-state index is 5.76. The van der Waals surface area contributed by atoms with Crippen LogP contribution in [-0.2, 0) is 0 Å². The van der Waals surface area contributed by atoms with Crippen LogP contribution >= 0.6 is 34.8 Å². The molecule has 0 aromatic carbocycles. The predicted octanol–water partition coefficient (Wildman–Crippen LogP) is 3.70. The molecule has 0 saturated carbocycles. The molecule has 0 radical (unpaired) electrons. The molecule has 2 heterocycles. The van der Waals surface area contributed by atoms with Crippen LogP contribution in [0.25, 0.3) is 11.5 Å². The minimum Gasteiger partial charge on any atom is -0.443 e. The van der Waals surface area contributed by atoms with Gasteiger partial charge >= 0.3 is 0 Å². The maximum atomic E-state index is 5.76. The molecule has 0 N–H and O–H groups in total. The molecule has 0 aliphatic carbocycles. The van der Waals surface area contributed by atoms with Crippen molar-refractivity contribution in [2.75, 3.05) is 0 Å². The fourth-order valence-electron chi connectivity index (χ4n) is 0.926. The summed E-state index contributed by atoms with van der Waals surface area (Å²) in [7, 11) is 0. The summed E-state index contributed by atoms with van der Waals surface area (Å²) in [6, 6.07) is 4.85. The van der Waals surface area contributed by atoms with Gasteiger partial charge in [-0.05, 0) is 29.8 Å². The topological polar surface area (TPSA) is 38.9 Å². The Labute approximate surface area is 94.6 Å². The number of nitrogens with zero attached hydrogens (tertiary/aromatic N) is 2. The van der Waals surface area contributed by atoms with Crippen LogP contribution in [0.5, 0.6) is 0 Å². The largest absolute Gasteiger partial charge is 0.443 e. The van der Waals surface area contributed by atoms with Gasteiger partial charge < -0.3 is 4.42 Å². The van der Waals surface area contributed by atoms with E-state index in [1.54, 1.807) is 18.2 Å². The van der Waals surface area contributed by atoms with Crippen LogP contribution in [0, 0.1) is 0 Å². The number of rotatable bonds is 1. The van der Waals surface area contributed by atoms with Crippen molar-refractivity contribution in [2.24, 2.45) is 0 Å². The van der Waals surface area contributed by atoms with Crippen LogP contribution in [0.15, 0.2) is 22.6 Å². The fourth-order valence-corrected chi connectivity index (χ4v) is 1.31. The van der Waals surface area contributed by atoms with Crippen LogP contribution in [0.4, 0.5) is 0 Å². The Hall–Kier alpha value is -0.770. The van der Waals surface area contributed by atoms with Gasteiger partial charge in [-0.1, -0.05) is 23.2 Å². The average molecular weight is 249 g/mol. The molecular weight excluding hydrogens is 246 g/mol. The van der Waals surface area contributed by atoms with E-state index in [4.69, 9.17) is 39.2 Å². The standard InChI is InChI=1S/C8H3Cl3N2O/c9-4-3-5(12-13-8(4)11)6-1-2-7(10)14-6/h1-3H. The molecule has 0 unspecified atom stereocenters. The summed E-state index contributed by atoms with van der Waals surface area (Å²) in [5.41, 5.74) is 0.492. The molecule has 2 rings (SSSR count). The lowest BCUT2D eigenvalue weighted by Crippen LogP contribution is -1.87. The van der Waals surface area contributed by atoms with Crippen molar-refractivity contribution in [1.82, 2.24) is 10.2 Å². The first kappa shape index (κ1) is 9.77. The zero-order chi connectivity index (χ0) is 10.1. The molecule has 3 nitrogen and oxygen atoms in total. The summed E-state index contributed by atoms with van der Waals surface area (Å²) < 4.78 is 5.13. The molecular formula is C8H3Cl3N2O. The quantitative estimate of drug-likeness (QED) is 0.773. The van der Waals surface area contributed by atoms with Gasteiger partial charge in [0.15, 0.2) is 16.1 Å². The van der Waals surface area contributed by atoms with Gasteiger partial charge in [-0.25, -0.2) is 0 Å². The second-order valence-corrected chi connectivity index (χ2v) is 3.61. The third-order valence-electron chi connectivity index (χ3n) is 1.53. The first-order valence-corrected chi connectivity index (χ1v) is 4.74. The first-order chi connectivity index (χ1) is 6.66. The molecule has 72 valence electrons. The predicted molar refractivity (Wildman–Crippen MR) is 54.8 cm³/mol. The summed E-state index contributed by atoms with van der Waals surface area (Å²) in [5, 5.41) is 8.22. The van der Waals surface area contributed by atoms with E-state index in [-0.39, 0.29) is 10.4 Å². The zero-order valence-electron chi connectivity index (χ0n) is 6.67. The van der Waals surface area contributed by atoms with Gasteiger partial charge in [-0.15, -0.1) is 10.2 Å². The van der Waals surface area contributed by atoms with Crippen LogP contribution in [0.3, 0.4) is 0 Å². The van der Waals surface area contributed by atoms with Gasteiger partial charge in [0.25, 0.3) is 0 Å². The Kier molecular flexibility index (Phi) is 2.63. The van der Waals surface area contributed by atoms with Crippen LogP contribution in [0.2, 0.25) is 15.4 Å². The first-order valence-electron chi connectivity index (χ1n) is 3.61. The van der Waals surface area contributed by atoms with Crippen molar-refractivity contribution in [3.05, 3.63) is 33.6 Å². The van der Waals surface area contributed by atoms with Gasteiger partial charge in [-0.2, -0.15) is 0 Å². The van der Waals surface area contributed by atoms with Crippen molar-refractivity contribution in [2.45, 2.75) is 0 Å². The lowest BCUT2D eigenvalue weighted by Gasteiger charge is -1.96. The average Bonchev–Trinajstić information content (AvgIpc) is 2.57. The summed E-state index contributed by atoms with van der Waals surface area (Å²) >= 11 is 17.0. The number of hydrogen-bond acceptors (Lipinski definition) is 3. The molecule has 0 saturated heterocycles. The number of aromatic nitrogens is 2. The molecule has 0 aliphatic heterocycles. The van der Waals surface area contributed by atoms with Crippen molar-refractivity contribution in [1.29, 1.82) is 0 Å². The summed E-state index contributed by atoms with van der Waals surface area (Å²) in [6.07, 6.45) is 0. The monoisotopic (exact) mass is 248 g/mol. The third-order valence-corrected chi connectivity index (χ3v) is 2.40. The Bertz CT molecular complexity index is 469. The van der Waals surface area contributed by atoms with Crippen molar-refractivity contribution >= 4 is 34.8 Å². The Morgan fingerprint density at radius 2 is 1.86 bits per heavy atom. The second kappa shape index (κ2) is 3.77. The van der Waals surface area contributed by atoms with E-state index in [1.807, 2.05) is 0 Å². The fraction of sp³-hybridized carbons (Fsp3) is 0. The highest BCUT2D eigenvalue weighted by Crippen LogP contribution is 2.26. The number of halogens is 3. The van der Waals surface area contributed by atoms with E-state index in [0.717, 1.165) is 0 Å². The highest BCUT2D eigenvalue weighted by molar-refractivity contribution is 6.41. The van der Waals surface area contributed by atoms with Crippen molar-refractivity contribution in [3.8, 4) is 11.5 Å².